The molecule has 3 saturated heterocycles. The molecule has 4 heterocycles. The smallest absolute Gasteiger partial charge is 0.177 e. The quantitative estimate of drug-likeness (QED) is 0.861. The summed E-state index contributed by atoms with van der Waals surface area (Å²) in [7, 11) is 0. The van der Waals surface area contributed by atoms with Crippen molar-refractivity contribution in [3.63, 3.8) is 0 Å². The zero-order chi connectivity index (χ0) is 15.5. The third-order valence-electron chi connectivity index (χ3n) is 5.70. The van der Waals surface area contributed by atoms with Crippen LogP contribution in [0.1, 0.15) is 32.3 Å². The first kappa shape index (κ1) is 16.9. The fourth-order valence-electron chi connectivity index (χ4n) is 4.24. The number of piperidine rings is 3. The lowest BCUT2D eigenvalue weighted by Gasteiger charge is -2.56. The van der Waals surface area contributed by atoms with Gasteiger partial charge in [0.05, 0.1) is 5.39 Å². The van der Waals surface area contributed by atoms with Gasteiger partial charge < -0.3 is 9.84 Å². The molecule has 1 N–H and O–H groups in total. The number of nitrogens with one attached hydrogen (secondary N) is 1. The Morgan fingerprint density at radius 2 is 2.00 bits per heavy atom. The van der Waals surface area contributed by atoms with E-state index in [4.69, 9.17) is 16.1 Å². The van der Waals surface area contributed by atoms with Crippen LogP contribution in [0.15, 0.2) is 16.7 Å². The molecule has 5 rings (SSSR count). The van der Waals surface area contributed by atoms with Gasteiger partial charge in [-0.3, -0.25) is 4.90 Å². The van der Waals surface area contributed by atoms with E-state index in [1.807, 2.05) is 19.1 Å². The molecule has 1 aromatic heterocycles. The van der Waals surface area contributed by atoms with Crippen LogP contribution in [0.2, 0.25) is 5.02 Å². The highest BCUT2D eigenvalue weighted by Gasteiger charge is 2.47. The minimum Gasteiger partial charge on any atom is -0.362 e. The summed E-state index contributed by atoms with van der Waals surface area (Å²) in [5.74, 6) is 1.56. The molecule has 3 aliphatic heterocycles. The minimum atomic E-state index is 0. The summed E-state index contributed by atoms with van der Waals surface area (Å²) in [4.78, 5) is 2.59. The Kier molecular flexibility index (Phi) is 4.28. The van der Waals surface area contributed by atoms with E-state index in [-0.39, 0.29) is 17.9 Å². The molecule has 3 fully saturated rings. The highest BCUT2D eigenvalue weighted by molar-refractivity contribution is 6.32. The minimum absolute atomic E-state index is 0. The summed E-state index contributed by atoms with van der Waals surface area (Å²) in [5, 5.41) is 9.70. The van der Waals surface area contributed by atoms with Gasteiger partial charge in [0, 0.05) is 22.2 Å². The molecular formula is C17H23Cl2N3O. The van der Waals surface area contributed by atoms with Gasteiger partial charge in [-0.2, -0.15) is 0 Å². The number of fused-ring (bicyclic) bond motifs is 4. The molecule has 2 aromatic rings. The highest BCUT2D eigenvalue weighted by atomic mass is 35.5. The van der Waals surface area contributed by atoms with E-state index < -0.39 is 0 Å². The number of benzene rings is 1. The number of aromatic nitrogens is 1. The van der Waals surface area contributed by atoms with Crippen molar-refractivity contribution in [2.24, 2.45) is 5.92 Å². The first-order valence-corrected chi connectivity index (χ1v) is 8.42. The second-order valence-electron chi connectivity index (χ2n) is 7.18. The molecule has 0 saturated carbocycles. The van der Waals surface area contributed by atoms with Crippen molar-refractivity contribution < 1.29 is 4.52 Å². The van der Waals surface area contributed by atoms with Gasteiger partial charge in [0.25, 0.3) is 0 Å². The summed E-state index contributed by atoms with van der Waals surface area (Å²) < 4.78 is 5.54. The van der Waals surface area contributed by atoms with E-state index in [1.165, 1.54) is 25.9 Å². The van der Waals surface area contributed by atoms with Crippen LogP contribution in [0.25, 0.3) is 11.0 Å². The standard InChI is InChI=1S/C17H22ClN3O.ClH/c1-10-13(18)5-4-12-14(10)22-20-16(12)19-15-11-6-8-21(9-7-11)17(15,2)3;/h4-5,11,15H,6-9H2,1-3H3,(H,19,20);1H. The van der Waals surface area contributed by atoms with E-state index in [0.29, 0.717) is 12.0 Å². The molecule has 4 nitrogen and oxygen atoms in total. The topological polar surface area (TPSA) is 41.3 Å². The lowest BCUT2D eigenvalue weighted by molar-refractivity contribution is -0.0189. The average molecular weight is 356 g/mol. The van der Waals surface area contributed by atoms with Crippen molar-refractivity contribution in [2.45, 2.75) is 45.2 Å². The van der Waals surface area contributed by atoms with E-state index in [0.717, 1.165) is 27.4 Å². The molecule has 1 aromatic carbocycles. The fourth-order valence-corrected chi connectivity index (χ4v) is 4.39. The summed E-state index contributed by atoms with van der Waals surface area (Å²) >= 11 is 6.17. The van der Waals surface area contributed by atoms with Gasteiger partial charge in [-0.05, 0) is 64.8 Å². The largest absolute Gasteiger partial charge is 0.362 e. The second kappa shape index (κ2) is 5.83. The van der Waals surface area contributed by atoms with Gasteiger partial charge >= 0.3 is 0 Å². The Bertz CT molecular complexity index is 720. The van der Waals surface area contributed by atoms with Crippen molar-refractivity contribution in [2.75, 3.05) is 18.4 Å². The lowest BCUT2D eigenvalue weighted by atomic mass is 9.72. The molecule has 0 amide bonds. The Hall–Kier alpha value is -0.970. The number of hydrogen-bond donors (Lipinski definition) is 1. The normalized spacial score (nSPS) is 28.6. The maximum Gasteiger partial charge on any atom is 0.177 e. The molecule has 1 unspecified atom stereocenters. The van der Waals surface area contributed by atoms with Crippen LogP contribution in [-0.2, 0) is 0 Å². The van der Waals surface area contributed by atoms with Crippen molar-refractivity contribution in [3.05, 3.63) is 22.7 Å². The molecular weight excluding hydrogens is 333 g/mol. The molecule has 2 bridgehead atoms. The van der Waals surface area contributed by atoms with Crippen molar-refractivity contribution in [3.8, 4) is 0 Å². The van der Waals surface area contributed by atoms with Gasteiger partial charge in [-0.25, -0.2) is 0 Å². The Balaban J connectivity index is 0.00000156. The van der Waals surface area contributed by atoms with E-state index in [1.54, 1.807) is 0 Å². The number of anilines is 1. The second-order valence-corrected chi connectivity index (χ2v) is 7.59. The number of hydrogen-bond acceptors (Lipinski definition) is 4. The molecule has 3 aliphatic rings. The van der Waals surface area contributed by atoms with Crippen LogP contribution >= 0.6 is 24.0 Å². The van der Waals surface area contributed by atoms with Crippen molar-refractivity contribution in [1.29, 1.82) is 0 Å². The van der Waals surface area contributed by atoms with Crippen LogP contribution in [0.4, 0.5) is 5.82 Å². The SMILES string of the molecule is Cc1c(Cl)ccc2c(NC3C4CCN(CC4)C3(C)C)noc12.Cl. The van der Waals surface area contributed by atoms with Gasteiger partial charge in [-0.1, -0.05) is 16.8 Å². The molecule has 0 spiro atoms. The summed E-state index contributed by atoms with van der Waals surface area (Å²) in [6.07, 6.45) is 2.53. The number of nitrogens with zero attached hydrogens (tertiary/aromatic N) is 2. The summed E-state index contributed by atoms with van der Waals surface area (Å²) in [6, 6.07) is 4.32. The van der Waals surface area contributed by atoms with Gasteiger partial charge in [0.1, 0.15) is 0 Å². The molecule has 23 heavy (non-hydrogen) atoms. The fraction of sp³-hybridized carbons (Fsp3) is 0.588. The van der Waals surface area contributed by atoms with E-state index >= 15 is 0 Å². The number of rotatable bonds is 2. The van der Waals surface area contributed by atoms with Crippen molar-refractivity contribution in [1.82, 2.24) is 10.1 Å². The Morgan fingerprint density at radius 3 is 2.65 bits per heavy atom. The molecule has 126 valence electrons. The first-order chi connectivity index (χ1) is 10.5. The van der Waals surface area contributed by atoms with Crippen LogP contribution < -0.4 is 5.32 Å². The maximum absolute atomic E-state index is 6.17. The zero-order valence-corrected chi connectivity index (χ0v) is 15.3. The van der Waals surface area contributed by atoms with Gasteiger partial charge in [0.15, 0.2) is 11.4 Å². The lowest BCUT2D eigenvalue weighted by Crippen LogP contribution is -2.66. The first-order valence-electron chi connectivity index (χ1n) is 8.04. The van der Waals surface area contributed by atoms with Crippen LogP contribution in [0, 0.1) is 12.8 Å². The third kappa shape index (κ3) is 2.51. The summed E-state index contributed by atoms with van der Waals surface area (Å²) in [6.45, 7) is 9.06. The van der Waals surface area contributed by atoms with Gasteiger partial charge in [0.2, 0.25) is 0 Å². The predicted octanol–water partition coefficient (Wildman–Crippen LogP) is 4.50. The maximum atomic E-state index is 6.17. The number of aryl methyl sites for hydroxylation is 1. The van der Waals surface area contributed by atoms with Crippen LogP contribution in [0.3, 0.4) is 0 Å². The summed E-state index contributed by atoms with van der Waals surface area (Å²) in [5.41, 5.74) is 1.88. The Labute approximate surface area is 147 Å². The zero-order valence-electron chi connectivity index (χ0n) is 13.7. The van der Waals surface area contributed by atoms with E-state index in [9.17, 15) is 0 Å². The van der Waals surface area contributed by atoms with Crippen LogP contribution in [0.5, 0.6) is 0 Å². The molecule has 1 atom stereocenters. The third-order valence-corrected chi connectivity index (χ3v) is 6.11. The average Bonchev–Trinajstić information content (AvgIpc) is 2.91. The monoisotopic (exact) mass is 355 g/mol. The van der Waals surface area contributed by atoms with Crippen LogP contribution in [-0.4, -0.2) is 34.7 Å². The predicted molar refractivity (Wildman–Crippen MR) is 96.8 cm³/mol. The number of halogens is 2. The molecule has 0 aliphatic carbocycles. The Morgan fingerprint density at radius 1 is 1.30 bits per heavy atom. The van der Waals surface area contributed by atoms with Crippen molar-refractivity contribution >= 4 is 40.8 Å². The van der Waals surface area contributed by atoms with Gasteiger partial charge in [-0.15, -0.1) is 12.4 Å². The van der Waals surface area contributed by atoms with E-state index in [2.05, 4.69) is 29.2 Å². The molecule has 0 radical (unpaired) electrons. The highest BCUT2D eigenvalue weighted by Crippen LogP contribution is 2.41. The molecule has 6 heteroatoms.